The van der Waals surface area contributed by atoms with Crippen molar-refractivity contribution in [3.8, 4) is 28.7 Å². The van der Waals surface area contributed by atoms with Gasteiger partial charge < -0.3 is 24.1 Å². The first-order chi connectivity index (χ1) is 12.2. The third-order valence-electron chi connectivity index (χ3n) is 4.60. The highest BCUT2D eigenvalue weighted by atomic mass is 16.5. The number of aromatic nitrogens is 2. The van der Waals surface area contributed by atoms with Crippen LogP contribution in [0.1, 0.15) is 6.42 Å². The van der Waals surface area contributed by atoms with Crippen LogP contribution < -0.4 is 10.1 Å². The van der Waals surface area contributed by atoms with Gasteiger partial charge in [0.15, 0.2) is 11.6 Å². The van der Waals surface area contributed by atoms with Crippen molar-refractivity contribution in [2.24, 2.45) is 0 Å². The van der Waals surface area contributed by atoms with Gasteiger partial charge >= 0.3 is 0 Å². The molecule has 6 nitrogen and oxygen atoms in total. The standard InChI is InChI=1S/C19H21N3O3/c1-24-15-4-2-14(3-5-15)16-6-7-17(25-16)18-21-10-11-22(18)13-19(23)8-9-20-12-19/h2-7,10-11,20,23H,8-9,12-13H2,1H3. The van der Waals surface area contributed by atoms with E-state index >= 15 is 0 Å². The molecule has 2 aromatic heterocycles. The Hall–Kier alpha value is -2.57. The molecular formula is C19H21N3O3. The molecule has 1 saturated heterocycles. The van der Waals surface area contributed by atoms with Gasteiger partial charge in [0.1, 0.15) is 11.5 Å². The molecule has 1 aromatic carbocycles. The molecule has 130 valence electrons. The monoisotopic (exact) mass is 339 g/mol. The third-order valence-corrected chi connectivity index (χ3v) is 4.60. The van der Waals surface area contributed by atoms with Gasteiger partial charge in [-0.25, -0.2) is 4.98 Å². The van der Waals surface area contributed by atoms with Gasteiger partial charge in [-0.15, -0.1) is 0 Å². The summed E-state index contributed by atoms with van der Waals surface area (Å²) in [6, 6.07) is 11.6. The number of rotatable bonds is 5. The highest BCUT2D eigenvalue weighted by Gasteiger charge is 2.32. The smallest absolute Gasteiger partial charge is 0.176 e. The van der Waals surface area contributed by atoms with E-state index in [2.05, 4.69) is 10.3 Å². The summed E-state index contributed by atoms with van der Waals surface area (Å²) in [5.41, 5.74) is 0.240. The number of hydrogen-bond acceptors (Lipinski definition) is 5. The van der Waals surface area contributed by atoms with Crippen LogP contribution in [0.5, 0.6) is 5.75 Å². The van der Waals surface area contributed by atoms with Gasteiger partial charge in [0.05, 0.1) is 19.3 Å². The molecule has 1 atom stereocenters. The minimum Gasteiger partial charge on any atom is -0.497 e. The van der Waals surface area contributed by atoms with E-state index in [1.165, 1.54) is 0 Å². The number of furan rings is 1. The van der Waals surface area contributed by atoms with Gasteiger partial charge in [-0.2, -0.15) is 0 Å². The first-order valence-electron chi connectivity index (χ1n) is 8.36. The van der Waals surface area contributed by atoms with Gasteiger partial charge in [0, 0.05) is 24.5 Å². The Morgan fingerprint density at radius 2 is 2.04 bits per heavy atom. The lowest BCUT2D eigenvalue weighted by Gasteiger charge is -2.22. The lowest BCUT2D eigenvalue weighted by atomic mass is 10.0. The Kier molecular flexibility index (Phi) is 4.07. The molecule has 2 N–H and O–H groups in total. The Morgan fingerprint density at radius 1 is 1.24 bits per heavy atom. The van der Waals surface area contributed by atoms with E-state index in [0.29, 0.717) is 18.8 Å². The molecule has 0 spiro atoms. The lowest BCUT2D eigenvalue weighted by molar-refractivity contribution is 0.0435. The number of methoxy groups -OCH3 is 1. The van der Waals surface area contributed by atoms with Crippen LogP contribution in [0.15, 0.2) is 53.2 Å². The van der Waals surface area contributed by atoms with Crippen molar-refractivity contribution in [3.63, 3.8) is 0 Å². The Morgan fingerprint density at radius 3 is 2.76 bits per heavy atom. The molecule has 1 unspecified atom stereocenters. The summed E-state index contributed by atoms with van der Waals surface area (Å²) in [6.45, 7) is 1.93. The Bertz CT molecular complexity index is 845. The van der Waals surface area contributed by atoms with Crippen LogP contribution in [-0.2, 0) is 6.54 Å². The Labute approximate surface area is 146 Å². The summed E-state index contributed by atoms with van der Waals surface area (Å²) < 4.78 is 13.1. The minimum atomic E-state index is -0.735. The number of imidazole rings is 1. The fourth-order valence-electron chi connectivity index (χ4n) is 3.21. The maximum Gasteiger partial charge on any atom is 0.176 e. The second-order valence-electron chi connectivity index (χ2n) is 6.42. The van der Waals surface area contributed by atoms with Crippen molar-refractivity contribution in [1.82, 2.24) is 14.9 Å². The third kappa shape index (κ3) is 3.18. The first-order valence-corrected chi connectivity index (χ1v) is 8.36. The van der Waals surface area contributed by atoms with E-state index in [-0.39, 0.29) is 0 Å². The number of β-amino-alcohol motifs (C(OH)–C–C–N with tert-alkyl or cyclic N) is 1. The van der Waals surface area contributed by atoms with Crippen LogP contribution in [0.3, 0.4) is 0 Å². The van der Waals surface area contributed by atoms with Crippen molar-refractivity contribution >= 4 is 0 Å². The van der Waals surface area contributed by atoms with Crippen molar-refractivity contribution in [3.05, 3.63) is 48.8 Å². The van der Waals surface area contributed by atoms with Crippen LogP contribution in [0.4, 0.5) is 0 Å². The largest absolute Gasteiger partial charge is 0.497 e. The van der Waals surface area contributed by atoms with Crippen molar-refractivity contribution in [1.29, 1.82) is 0 Å². The average molecular weight is 339 g/mol. The van der Waals surface area contributed by atoms with E-state index < -0.39 is 5.60 Å². The topological polar surface area (TPSA) is 72.5 Å². The summed E-state index contributed by atoms with van der Waals surface area (Å²) >= 11 is 0. The van der Waals surface area contributed by atoms with E-state index in [1.807, 2.05) is 47.2 Å². The van der Waals surface area contributed by atoms with Crippen molar-refractivity contribution in [2.75, 3.05) is 20.2 Å². The zero-order valence-corrected chi connectivity index (χ0v) is 14.1. The summed E-state index contributed by atoms with van der Waals surface area (Å²) in [5, 5.41) is 13.8. The molecule has 0 radical (unpaired) electrons. The second-order valence-corrected chi connectivity index (χ2v) is 6.42. The number of aliphatic hydroxyl groups is 1. The van der Waals surface area contributed by atoms with Crippen LogP contribution in [0.2, 0.25) is 0 Å². The van der Waals surface area contributed by atoms with Gasteiger partial charge in [0.25, 0.3) is 0 Å². The van der Waals surface area contributed by atoms with Crippen LogP contribution >= 0.6 is 0 Å². The molecule has 3 heterocycles. The average Bonchev–Trinajstić information content (AvgIpc) is 3.36. The molecule has 1 aliphatic rings. The number of ether oxygens (including phenoxy) is 1. The van der Waals surface area contributed by atoms with Gasteiger partial charge in [-0.1, -0.05) is 0 Å². The molecule has 0 aliphatic carbocycles. The summed E-state index contributed by atoms with van der Waals surface area (Å²) in [4.78, 5) is 4.41. The minimum absolute atomic E-state index is 0.494. The van der Waals surface area contributed by atoms with E-state index in [4.69, 9.17) is 9.15 Å². The van der Waals surface area contributed by atoms with E-state index in [1.54, 1.807) is 13.3 Å². The normalized spacial score (nSPS) is 20.1. The van der Waals surface area contributed by atoms with Gasteiger partial charge in [0.2, 0.25) is 0 Å². The molecular weight excluding hydrogens is 318 g/mol. The molecule has 4 rings (SSSR count). The summed E-state index contributed by atoms with van der Waals surface area (Å²) in [6.07, 6.45) is 4.34. The van der Waals surface area contributed by atoms with Crippen LogP contribution in [0.25, 0.3) is 22.9 Å². The zero-order chi connectivity index (χ0) is 17.3. The van der Waals surface area contributed by atoms with Crippen molar-refractivity contribution in [2.45, 2.75) is 18.6 Å². The van der Waals surface area contributed by atoms with Gasteiger partial charge in [-0.3, -0.25) is 0 Å². The van der Waals surface area contributed by atoms with Crippen LogP contribution in [-0.4, -0.2) is 40.5 Å². The maximum atomic E-state index is 10.6. The number of nitrogens with one attached hydrogen (secondary N) is 1. The summed E-state index contributed by atoms with van der Waals surface area (Å²) in [5.74, 6) is 2.99. The summed E-state index contributed by atoms with van der Waals surface area (Å²) in [7, 11) is 1.65. The number of hydrogen-bond donors (Lipinski definition) is 2. The van der Waals surface area contributed by atoms with E-state index in [9.17, 15) is 5.11 Å². The lowest BCUT2D eigenvalue weighted by Crippen LogP contribution is -2.36. The first kappa shape index (κ1) is 15.9. The molecule has 6 heteroatoms. The second kappa shape index (κ2) is 6.38. The fourth-order valence-corrected chi connectivity index (χ4v) is 3.21. The molecule has 1 fully saturated rings. The quantitative estimate of drug-likeness (QED) is 0.747. The number of nitrogens with zero attached hydrogens (tertiary/aromatic N) is 2. The van der Waals surface area contributed by atoms with Crippen molar-refractivity contribution < 1.29 is 14.3 Å². The molecule has 0 saturated carbocycles. The molecule has 1 aliphatic heterocycles. The van der Waals surface area contributed by atoms with Crippen LogP contribution in [0, 0.1) is 0 Å². The highest BCUT2D eigenvalue weighted by molar-refractivity contribution is 5.62. The van der Waals surface area contributed by atoms with Gasteiger partial charge in [-0.05, 0) is 49.4 Å². The Balaban J connectivity index is 1.59. The predicted octanol–water partition coefficient (Wildman–Crippen LogP) is 2.54. The SMILES string of the molecule is COc1ccc(-c2ccc(-c3nccn3CC3(O)CCNC3)o2)cc1. The predicted molar refractivity (Wildman–Crippen MR) is 94.4 cm³/mol. The fraction of sp³-hybridized carbons (Fsp3) is 0.316. The molecule has 3 aromatic rings. The molecule has 25 heavy (non-hydrogen) atoms. The maximum absolute atomic E-state index is 10.6. The van der Waals surface area contributed by atoms with E-state index in [0.717, 1.165) is 35.9 Å². The molecule has 0 amide bonds. The molecule has 0 bridgehead atoms. The highest BCUT2D eigenvalue weighted by Crippen LogP contribution is 2.29. The number of benzene rings is 1. The zero-order valence-electron chi connectivity index (χ0n) is 14.1.